The highest BCUT2D eigenvalue weighted by atomic mass is 35.5. The summed E-state index contributed by atoms with van der Waals surface area (Å²) in [4.78, 5) is 7.50. The van der Waals surface area contributed by atoms with Crippen molar-refractivity contribution in [3.8, 4) is 0 Å². The van der Waals surface area contributed by atoms with E-state index in [2.05, 4.69) is 9.97 Å². The highest BCUT2D eigenvalue weighted by Crippen LogP contribution is 2.34. The van der Waals surface area contributed by atoms with E-state index in [1.165, 1.54) is 0 Å². The zero-order chi connectivity index (χ0) is 14.8. The normalized spacial score (nSPS) is 12.2. The summed E-state index contributed by atoms with van der Waals surface area (Å²) >= 11 is 5.78. The number of aliphatic hydroxyl groups is 1. The maximum absolute atomic E-state index is 13.0. The van der Waals surface area contributed by atoms with Gasteiger partial charge in [0.2, 0.25) is 0 Å². The highest BCUT2D eigenvalue weighted by molar-refractivity contribution is 6.33. The molecular weight excluding hydrogens is 299 g/mol. The van der Waals surface area contributed by atoms with E-state index in [1.807, 2.05) is 0 Å². The van der Waals surface area contributed by atoms with Crippen LogP contribution in [-0.2, 0) is 17.5 Å². The lowest BCUT2D eigenvalue weighted by Crippen LogP contribution is -2.17. The van der Waals surface area contributed by atoms with Gasteiger partial charge >= 0.3 is 6.18 Å². The quantitative estimate of drug-likeness (QED) is 0.679. The van der Waals surface area contributed by atoms with Gasteiger partial charge in [-0.2, -0.15) is 13.2 Å². The van der Waals surface area contributed by atoms with Crippen molar-refractivity contribution in [3.63, 3.8) is 0 Å². The van der Waals surface area contributed by atoms with E-state index in [0.717, 1.165) is 17.0 Å². The van der Waals surface area contributed by atoms with Crippen LogP contribution in [0.5, 0.6) is 0 Å². The van der Waals surface area contributed by atoms with Crippen molar-refractivity contribution in [2.45, 2.75) is 12.7 Å². The number of ether oxygens (including phenoxy) is 1. The lowest BCUT2D eigenvalue weighted by atomic mass is 10.3. The van der Waals surface area contributed by atoms with Gasteiger partial charge < -0.3 is 14.4 Å². The van der Waals surface area contributed by atoms with Gasteiger partial charge in [0, 0.05) is 6.54 Å². The Morgan fingerprint density at radius 1 is 1.30 bits per heavy atom. The smallest absolute Gasteiger partial charge is 0.394 e. The first-order valence-corrected chi connectivity index (χ1v) is 6.08. The summed E-state index contributed by atoms with van der Waals surface area (Å²) in [6.45, 7) is -0.149. The first-order valence-electron chi connectivity index (χ1n) is 5.70. The Labute approximate surface area is 117 Å². The molecule has 0 bridgehead atoms. The van der Waals surface area contributed by atoms with Crippen molar-refractivity contribution in [2.24, 2.45) is 0 Å². The first-order chi connectivity index (χ1) is 9.45. The molecule has 0 atom stereocenters. The molecule has 0 unspecified atom stereocenters. The highest BCUT2D eigenvalue weighted by Gasteiger charge is 2.36. The van der Waals surface area contributed by atoms with Crippen LogP contribution in [0, 0.1) is 0 Å². The van der Waals surface area contributed by atoms with E-state index in [1.54, 1.807) is 0 Å². The monoisotopic (exact) mass is 309 g/mol. The predicted octanol–water partition coefficient (Wildman–Crippen LogP) is 2.11. The molecule has 0 aliphatic rings. The van der Waals surface area contributed by atoms with E-state index in [0.29, 0.717) is 0 Å². The number of alkyl halides is 3. The molecule has 2 rings (SSSR count). The van der Waals surface area contributed by atoms with E-state index in [9.17, 15) is 13.2 Å². The molecule has 0 spiro atoms. The van der Waals surface area contributed by atoms with Crippen molar-refractivity contribution >= 4 is 22.6 Å². The molecule has 110 valence electrons. The van der Waals surface area contributed by atoms with Crippen molar-refractivity contribution in [2.75, 3.05) is 19.8 Å². The fraction of sp³-hybridized carbons (Fsp3) is 0.455. The summed E-state index contributed by atoms with van der Waals surface area (Å²) in [6.07, 6.45) is -3.42. The zero-order valence-electron chi connectivity index (χ0n) is 10.2. The Hall–Kier alpha value is -1.38. The van der Waals surface area contributed by atoms with Crippen molar-refractivity contribution in [3.05, 3.63) is 23.2 Å². The van der Waals surface area contributed by atoms with Crippen molar-refractivity contribution in [1.29, 1.82) is 0 Å². The predicted molar refractivity (Wildman–Crippen MR) is 65.4 cm³/mol. The molecule has 0 saturated heterocycles. The number of hydrogen-bond acceptors (Lipinski definition) is 4. The van der Waals surface area contributed by atoms with Gasteiger partial charge in [0.1, 0.15) is 22.8 Å². The minimum absolute atomic E-state index is 0.0229. The molecule has 2 heterocycles. The lowest BCUT2D eigenvalue weighted by Gasteiger charge is -2.12. The number of aliphatic hydroxyl groups excluding tert-OH is 1. The summed E-state index contributed by atoms with van der Waals surface area (Å²) in [5.74, 6) is 0. The van der Waals surface area contributed by atoms with Gasteiger partial charge in [0.15, 0.2) is 0 Å². The number of nitrogens with zero attached hydrogens (tertiary/aromatic N) is 3. The molecule has 0 aliphatic carbocycles. The lowest BCUT2D eigenvalue weighted by molar-refractivity contribution is -0.143. The fourth-order valence-corrected chi connectivity index (χ4v) is 2.00. The van der Waals surface area contributed by atoms with E-state index in [4.69, 9.17) is 21.4 Å². The minimum Gasteiger partial charge on any atom is -0.394 e. The second-order valence-corrected chi connectivity index (χ2v) is 4.27. The van der Waals surface area contributed by atoms with Crippen LogP contribution in [-0.4, -0.2) is 39.5 Å². The van der Waals surface area contributed by atoms with Gasteiger partial charge in [-0.05, 0) is 6.07 Å². The first kappa shape index (κ1) is 15.0. The molecule has 0 amide bonds. The average Bonchev–Trinajstić information content (AvgIpc) is 2.75. The van der Waals surface area contributed by atoms with Crippen LogP contribution in [0.1, 0.15) is 5.69 Å². The minimum atomic E-state index is -4.53. The maximum Gasteiger partial charge on any atom is 0.431 e. The van der Waals surface area contributed by atoms with Gasteiger partial charge in [0.25, 0.3) is 0 Å². The molecule has 9 heteroatoms. The molecule has 20 heavy (non-hydrogen) atoms. The van der Waals surface area contributed by atoms with Gasteiger partial charge in [-0.15, -0.1) is 0 Å². The standard InChI is InChI=1S/C11H11ClF3N3O2/c12-9-7-5-8(11(13,14)15)18(1-3-20-4-2-19)10(7)17-6-16-9/h5-6,19H,1-4H2. The van der Waals surface area contributed by atoms with Crippen LogP contribution in [0.4, 0.5) is 13.2 Å². The van der Waals surface area contributed by atoms with E-state index >= 15 is 0 Å². The average molecular weight is 310 g/mol. The van der Waals surface area contributed by atoms with Crippen LogP contribution in [0.3, 0.4) is 0 Å². The van der Waals surface area contributed by atoms with Crippen LogP contribution in [0.2, 0.25) is 5.15 Å². The van der Waals surface area contributed by atoms with Crippen LogP contribution >= 0.6 is 11.6 Å². The Morgan fingerprint density at radius 3 is 2.70 bits per heavy atom. The van der Waals surface area contributed by atoms with Crippen molar-refractivity contribution in [1.82, 2.24) is 14.5 Å². The van der Waals surface area contributed by atoms with Crippen LogP contribution < -0.4 is 0 Å². The Morgan fingerprint density at radius 2 is 2.05 bits per heavy atom. The summed E-state index contributed by atoms with van der Waals surface area (Å²) in [7, 11) is 0. The SMILES string of the molecule is OCCOCCn1c(C(F)(F)F)cc2c(Cl)ncnc21. The largest absolute Gasteiger partial charge is 0.431 e. The number of fused-ring (bicyclic) bond motifs is 1. The van der Waals surface area contributed by atoms with Gasteiger partial charge in [-0.3, -0.25) is 0 Å². The van der Waals surface area contributed by atoms with E-state index < -0.39 is 11.9 Å². The molecule has 0 saturated carbocycles. The maximum atomic E-state index is 13.0. The summed E-state index contributed by atoms with van der Waals surface area (Å²) in [6, 6.07) is 0.920. The molecule has 5 nitrogen and oxygen atoms in total. The summed E-state index contributed by atoms with van der Waals surface area (Å²) < 4.78 is 45.0. The Kier molecular flexibility index (Phi) is 4.46. The number of rotatable bonds is 5. The molecule has 0 radical (unpaired) electrons. The molecule has 0 fully saturated rings. The zero-order valence-corrected chi connectivity index (χ0v) is 10.9. The van der Waals surface area contributed by atoms with Crippen molar-refractivity contribution < 1.29 is 23.0 Å². The summed E-state index contributed by atoms with van der Waals surface area (Å²) in [5.41, 5.74) is -0.757. The Bertz CT molecular complexity index is 600. The van der Waals surface area contributed by atoms with E-state index in [-0.39, 0.29) is 42.6 Å². The number of aromatic nitrogens is 3. The van der Waals surface area contributed by atoms with Crippen LogP contribution in [0.15, 0.2) is 12.4 Å². The molecule has 1 N–H and O–H groups in total. The number of halogens is 4. The second-order valence-electron chi connectivity index (χ2n) is 3.92. The molecule has 2 aromatic rings. The summed E-state index contributed by atoms with van der Waals surface area (Å²) in [5, 5.41) is 8.68. The third-order valence-electron chi connectivity index (χ3n) is 2.63. The van der Waals surface area contributed by atoms with Gasteiger partial charge in [0.05, 0.1) is 25.2 Å². The fourth-order valence-electron chi connectivity index (χ4n) is 1.82. The third-order valence-corrected chi connectivity index (χ3v) is 2.93. The molecular formula is C11H11ClF3N3O2. The third kappa shape index (κ3) is 3.02. The van der Waals surface area contributed by atoms with Gasteiger partial charge in [-0.1, -0.05) is 11.6 Å². The molecule has 2 aromatic heterocycles. The molecule has 0 aliphatic heterocycles. The second kappa shape index (κ2) is 5.94. The Balaban J connectivity index is 2.40. The number of hydrogen-bond donors (Lipinski definition) is 1. The topological polar surface area (TPSA) is 60.2 Å². The van der Waals surface area contributed by atoms with Crippen LogP contribution in [0.25, 0.3) is 11.0 Å². The van der Waals surface area contributed by atoms with Gasteiger partial charge in [-0.25, -0.2) is 9.97 Å². The molecule has 0 aromatic carbocycles.